The van der Waals surface area contributed by atoms with Gasteiger partial charge in [0, 0.05) is 6.54 Å². The van der Waals surface area contributed by atoms with Crippen LogP contribution in [0.15, 0.2) is 18.2 Å². The van der Waals surface area contributed by atoms with Gasteiger partial charge < -0.3 is 15.2 Å². The van der Waals surface area contributed by atoms with Gasteiger partial charge in [-0.05, 0) is 37.6 Å². The Morgan fingerprint density at radius 2 is 2.12 bits per heavy atom. The fourth-order valence-corrected chi connectivity index (χ4v) is 1.34. The average molecular weight is 237 g/mol. The number of nitrogens with one attached hydrogen (secondary N) is 1. The maximum absolute atomic E-state index is 11.2. The van der Waals surface area contributed by atoms with Crippen molar-refractivity contribution in [3.05, 3.63) is 29.3 Å². The average Bonchev–Trinajstić information content (AvgIpc) is 2.27. The van der Waals surface area contributed by atoms with Crippen LogP contribution in [0.1, 0.15) is 22.8 Å². The van der Waals surface area contributed by atoms with Crippen molar-refractivity contribution in [2.45, 2.75) is 13.8 Å². The van der Waals surface area contributed by atoms with Gasteiger partial charge in [0.2, 0.25) is 0 Å². The van der Waals surface area contributed by atoms with Crippen molar-refractivity contribution in [2.75, 3.05) is 13.2 Å². The summed E-state index contributed by atoms with van der Waals surface area (Å²) in [5, 5.41) is 11.4. The molecule has 0 unspecified atom stereocenters. The second-order valence-corrected chi connectivity index (χ2v) is 3.53. The summed E-state index contributed by atoms with van der Waals surface area (Å²) in [4.78, 5) is 21.9. The second-order valence-electron chi connectivity index (χ2n) is 3.53. The molecule has 0 saturated carbocycles. The summed E-state index contributed by atoms with van der Waals surface area (Å²) in [5.74, 6) is -0.668. The van der Waals surface area contributed by atoms with Crippen LogP contribution in [0.3, 0.4) is 0 Å². The van der Waals surface area contributed by atoms with Crippen molar-refractivity contribution in [2.24, 2.45) is 0 Å². The summed E-state index contributed by atoms with van der Waals surface area (Å²) in [6.07, 6.45) is 0. The Bertz CT molecular complexity index is 429. The molecule has 1 aromatic carbocycles. The molecule has 5 nitrogen and oxygen atoms in total. The lowest BCUT2D eigenvalue weighted by atomic mass is 10.1. The van der Waals surface area contributed by atoms with Gasteiger partial charge in [-0.2, -0.15) is 0 Å². The smallest absolute Gasteiger partial charge is 0.335 e. The molecule has 0 aliphatic carbocycles. The highest BCUT2D eigenvalue weighted by molar-refractivity contribution is 5.88. The van der Waals surface area contributed by atoms with Crippen molar-refractivity contribution in [1.82, 2.24) is 5.32 Å². The molecule has 1 aromatic rings. The van der Waals surface area contributed by atoms with Crippen molar-refractivity contribution in [1.29, 1.82) is 0 Å². The Labute approximate surface area is 99.4 Å². The van der Waals surface area contributed by atoms with Crippen molar-refractivity contribution in [3.8, 4) is 5.75 Å². The van der Waals surface area contributed by atoms with E-state index in [9.17, 15) is 9.59 Å². The third kappa shape index (κ3) is 3.79. The van der Waals surface area contributed by atoms with Crippen molar-refractivity contribution in [3.63, 3.8) is 0 Å². The lowest BCUT2D eigenvalue weighted by Gasteiger charge is -2.09. The molecule has 17 heavy (non-hydrogen) atoms. The maximum Gasteiger partial charge on any atom is 0.335 e. The standard InChI is InChI=1S/C12H15NO4/c1-3-13-11(14)7-17-10-5-4-9(12(15)16)6-8(10)2/h4-6H,3,7H2,1-2H3,(H,13,14)(H,15,16). The molecule has 0 aliphatic heterocycles. The van der Waals surface area contributed by atoms with E-state index in [0.29, 0.717) is 17.9 Å². The summed E-state index contributed by atoms with van der Waals surface area (Å²) in [6, 6.07) is 4.51. The molecule has 0 atom stereocenters. The Hall–Kier alpha value is -2.04. The van der Waals surface area contributed by atoms with Gasteiger partial charge in [-0.3, -0.25) is 4.79 Å². The number of amides is 1. The first-order valence-electron chi connectivity index (χ1n) is 5.28. The van der Waals surface area contributed by atoms with E-state index in [-0.39, 0.29) is 18.1 Å². The molecule has 92 valence electrons. The topological polar surface area (TPSA) is 75.6 Å². The number of carbonyl (C=O) groups excluding carboxylic acids is 1. The van der Waals surface area contributed by atoms with E-state index in [0.717, 1.165) is 0 Å². The van der Waals surface area contributed by atoms with Crippen molar-refractivity contribution < 1.29 is 19.4 Å². The fourth-order valence-electron chi connectivity index (χ4n) is 1.34. The molecule has 0 radical (unpaired) electrons. The first-order valence-corrected chi connectivity index (χ1v) is 5.28. The number of rotatable bonds is 5. The van der Waals surface area contributed by atoms with Crippen LogP contribution in [-0.4, -0.2) is 30.1 Å². The quantitative estimate of drug-likeness (QED) is 0.807. The molecule has 0 saturated heterocycles. The number of ether oxygens (including phenoxy) is 1. The number of carboxylic acids is 1. The zero-order valence-electron chi connectivity index (χ0n) is 9.82. The van der Waals surface area contributed by atoms with Gasteiger partial charge in [0.05, 0.1) is 5.56 Å². The third-order valence-electron chi connectivity index (χ3n) is 2.15. The van der Waals surface area contributed by atoms with Gasteiger partial charge in [-0.25, -0.2) is 4.79 Å². The first-order chi connectivity index (χ1) is 8.04. The minimum absolute atomic E-state index is 0.0684. The van der Waals surface area contributed by atoms with Gasteiger partial charge in [-0.15, -0.1) is 0 Å². The van der Waals surface area contributed by atoms with E-state index in [1.165, 1.54) is 12.1 Å². The van der Waals surface area contributed by atoms with Crippen LogP contribution in [0.4, 0.5) is 0 Å². The maximum atomic E-state index is 11.2. The Balaban J connectivity index is 2.66. The van der Waals surface area contributed by atoms with E-state index < -0.39 is 5.97 Å². The zero-order valence-corrected chi connectivity index (χ0v) is 9.82. The van der Waals surface area contributed by atoms with Crippen LogP contribution in [0, 0.1) is 6.92 Å². The molecule has 0 spiro atoms. The number of carboxylic acid groups (broad SMARTS) is 1. The predicted octanol–water partition coefficient (Wildman–Crippen LogP) is 1.21. The van der Waals surface area contributed by atoms with Crippen LogP contribution < -0.4 is 10.1 Å². The number of likely N-dealkylation sites (N-methyl/N-ethyl adjacent to an activating group) is 1. The second kappa shape index (κ2) is 5.89. The van der Waals surface area contributed by atoms with Crippen LogP contribution in [0.25, 0.3) is 0 Å². The number of hydrogen-bond acceptors (Lipinski definition) is 3. The Kier molecular flexibility index (Phi) is 4.51. The van der Waals surface area contributed by atoms with Crippen LogP contribution >= 0.6 is 0 Å². The predicted molar refractivity (Wildman–Crippen MR) is 62.3 cm³/mol. The molecule has 0 fully saturated rings. The van der Waals surface area contributed by atoms with Gasteiger partial charge in [0.15, 0.2) is 6.61 Å². The molecule has 2 N–H and O–H groups in total. The number of carbonyl (C=O) groups is 2. The monoisotopic (exact) mass is 237 g/mol. The minimum atomic E-state index is -0.983. The van der Waals surface area contributed by atoms with Gasteiger partial charge in [0.1, 0.15) is 5.75 Å². The molecular formula is C12H15NO4. The highest BCUT2D eigenvalue weighted by atomic mass is 16.5. The molecule has 1 amide bonds. The van der Waals surface area contributed by atoms with Crippen molar-refractivity contribution >= 4 is 11.9 Å². The summed E-state index contributed by atoms with van der Waals surface area (Å²) in [5.41, 5.74) is 0.891. The third-order valence-corrected chi connectivity index (χ3v) is 2.15. The lowest BCUT2D eigenvalue weighted by Crippen LogP contribution is -2.28. The summed E-state index contributed by atoms with van der Waals surface area (Å²) in [7, 11) is 0. The molecule has 0 aromatic heterocycles. The molecule has 0 aliphatic rings. The molecule has 0 bridgehead atoms. The number of aryl methyl sites for hydroxylation is 1. The summed E-state index contributed by atoms with van der Waals surface area (Å²) < 4.78 is 5.28. The fraction of sp³-hybridized carbons (Fsp3) is 0.333. The number of hydrogen-bond donors (Lipinski definition) is 2. The lowest BCUT2D eigenvalue weighted by molar-refractivity contribution is -0.122. The summed E-state index contributed by atoms with van der Waals surface area (Å²) in [6.45, 7) is 4.05. The van der Waals surface area contributed by atoms with E-state index in [4.69, 9.17) is 9.84 Å². The van der Waals surface area contributed by atoms with Gasteiger partial charge >= 0.3 is 5.97 Å². The number of benzene rings is 1. The summed E-state index contributed by atoms with van der Waals surface area (Å²) >= 11 is 0. The van der Waals surface area contributed by atoms with Crippen LogP contribution in [0.5, 0.6) is 5.75 Å². The van der Waals surface area contributed by atoms with Crippen LogP contribution in [-0.2, 0) is 4.79 Å². The minimum Gasteiger partial charge on any atom is -0.484 e. The molecule has 1 rings (SSSR count). The first kappa shape index (κ1) is 13.0. The van der Waals surface area contributed by atoms with E-state index in [1.807, 2.05) is 6.92 Å². The zero-order chi connectivity index (χ0) is 12.8. The molecular weight excluding hydrogens is 222 g/mol. The Morgan fingerprint density at radius 1 is 1.41 bits per heavy atom. The van der Waals surface area contributed by atoms with Gasteiger partial charge in [0.25, 0.3) is 5.91 Å². The molecule has 5 heteroatoms. The van der Waals surface area contributed by atoms with E-state index >= 15 is 0 Å². The normalized spacial score (nSPS) is 9.76. The number of aromatic carboxylic acids is 1. The SMILES string of the molecule is CCNC(=O)COc1ccc(C(=O)O)cc1C. The largest absolute Gasteiger partial charge is 0.484 e. The molecule has 0 heterocycles. The van der Waals surface area contributed by atoms with E-state index in [1.54, 1.807) is 13.0 Å². The van der Waals surface area contributed by atoms with E-state index in [2.05, 4.69) is 5.32 Å². The van der Waals surface area contributed by atoms with Gasteiger partial charge in [-0.1, -0.05) is 0 Å². The Morgan fingerprint density at radius 3 is 2.65 bits per heavy atom. The highest BCUT2D eigenvalue weighted by Crippen LogP contribution is 2.18. The highest BCUT2D eigenvalue weighted by Gasteiger charge is 2.07. The van der Waals surface area contributed by atoms with Crippen LogP contribution in [0.2, 0.25) is 0 Å².